The minimum absolute atomic E-state index is 0.253. The first-order valence-corrected chi connectivity index (χ1v) is 6.09. The molecular weight excluding hydrogens is 210 g/mol. The van der Waals surface area contributed by atoms with Crippen LogP contribution in [0.15, 0.2) is 42.5 Å². The molecule has 1 aromatic carbocycles. The predicted octanol–water partition coefficient (Wildman–Crippen LogP) is 3.04. The highest BCUT2D eigenvalue weighted by atomic mass is 16.1. The molecule has 0 aliphatic rings. The minimum Gasteiger partial charge on any atom is -0.300 e. The van der Waals surface area contributed by atoms with E-state index in [4.69, 9.17) is 0 Å². The molecule has 0 spiro atoms. The van der Waals surface area contributed by atoms with Crippen molar-refractivity contribution >= 4 is 5.78 Å². The van der Waals surface area contributed by atoms with Gasteiger partial charge in [-0.3, -0.25) is 9.69 Å². The van der Waals surface area contributed by atoms with Crippen LogP contribution in [0.4, 0.5) is 0 Å². The Morgan fingerprint density at radius 1 is 1.29 bits per heavy atom. The summed E-state index contributed by atoms with van der Waals surface area (Å²) in [5.41, 5.74) is 1.29. The number of nitrogens with zero attached hydrogens (tertiary/aromatic N) is 1. The zero-order valence-corrected chi connectivity index (χ0v) is 10.7. The fourth-order valence-corrected chi connectivity index (χ4v) is 1.65. The lowest BCUT2D eigenvalue weighted by Gasteiger charge is -2.20. The Morgan fingerprint density at radius 2 is 2.00 bits per heavy atom. The maximum atomic E-state index is 11.0. The van der Waals surface area contributed by atoms with E-state index in [2.05, 4.69) is 23.1 Å². The number of ketones is 1. The van der Waals surface area contributed by atoms with E-state index in [1.165, 1.54) is 5.56 Å². The minimum atomic E-state index is 0.253. The van der Waals surface area contributed by atoms with Gasteiger partial charge in [0.05, 0.1) is 0 Å². The lowest BCUT2D eigenvalue weighted by atomic mass is 10.2. The molecule has 0 saturated carbocycles. The predicted molar refractivity (Wildman–Crippen MR) is 71.8 cm³/mol. The second-order valence-corrected chi connectivity index (χ2v) is 4.24. The molecule has 0 unspecified atom stereocenters. The van der Waals surface area contributed by atoms with Gasteiger partial charge in [0.2, 0.25) is 0 Å². The van der Waals surface area contributed by atoms with Crippen LogP contribution in [0.25, 0.3) is 0 Å². The lowest BCUT2D eigenvalue weighted by molar-refractivity contribution is -0.117. The number of rotatable bonds is 7. The van der Waals surface area contributed by atoms with Gasteiger partial charge in [-0.05, 0) is 19.4 Å². The molecular formula is C15H21NO. The average Bonchev–Trinajstić information content (AvgIpc) is 2.34. The molecule has 1 aromatic rings. The zero-order valence-electron chi connectivity index (χ0n) is 10.7. The van der Waals surface area contributed by atoms with Crippen molar-refractivity contribution in [3.63, 3.8) is 0 Å². The molecule has 0 heterocycles. The molecule has 0 radical (unpaired) electrons. The van der Waals surface area contributed by atoms with Gasteiger partial charge >= 0.3 is 0 Å². The molecule has 0 aliphatic heterocycles. The van der Waals surface area contributed by atoms with Crippen molar-refractivity contribution in [1.29, 1.82) is 0 Å². The summed E-state index contributed by atoms with van der Waals surface area (Å²) < 4.78 is 0. The first-order chi connectivity index (χ1) is 8.22. The Morgan fingerprint density at radius 3 is 2.59 bits per heavy atom. The van der Waals surface area contributed by atoms with Gasteiger partial charge < -0.3 is 0 Å². The second-order valence-electron chi connectivity index (χ2n) is 4.24. The van der Waals surface area contributed by atoms with Crippen LogP contribution in [0.5, 0.6) is 0 Å². The molecule has 0 N–H and O–H groups in total. The molecule has 0 amide bonds. The van der Waals surface area contributed by atoms with Gasteiger partial charge in [-0.2, -0.15) is 0 Å². The maximum absolute atomic E-state index is 11.0. The van der Waals surface area contributed by atoms with Crippen LogP contribution >= 0.6 is 0 Å². The third-order valence-electron chi connectivity index (χ3n) is 2.63. The van der Waals surface area contributed by atoms with Gasteiger partial charge in [0, 0.05) is 26.1 Å². The SMILES string of the molecule is C/C=C/CN(CCC(C)=O)Cc1ccccc1. The van der Waals surface area contributed by atoms with Crippen LogP contribution in [0.2, 0.25) is 0 Å². The van der Waals surface area contributed by atoms with E-state index < -0.39 is 0 Å². The highest BCUT2D eigenvalue weighted by Gasteiger charge is 2.05. The Kier molecular flexibility index (Phi) is 6.26. The van der Waals surface area contributed by atoms with Crippen molar-refractivity contribution in [1.82, 2.24) is 4.90 Å². The summed E-state index contributed by atoms with van der Waals surface area (Å²) in [6.07, 6.45) is 4.80. The number of Topliss-reactive ketones (excluding diaryl/α,β-unsaturated/α-hetero) is 1. The monoisotopic (exact) mass is 231 g/mol. The van der Waals surface area contributed by atoms with Gasteiger partial charge in [-0.15, -0.1) is 0 Å². The summed E-state index contributed by atoms with van der Waals surface area (Å²) in [5, 5.41) is 0. The van der Waals surface area contributed by atoms with E-state index >= 15 is 0 Å². The molecule has 0 atom stereocenters. The quantitative estimate of drug-likeness (QED) is 0.672. The van der Waals surface area contributed by atoms with Crippen LogP contribution in [0, 0.1) is 0 Å². The Labute approximate surface area is 104 Å². The Bertz CT molecular complexity index is 356. The third kappa shape index (κ3) is 6.03. The number of benzene rings is 1. The normalized spacial score (nSPS) is 11.2. The number of carbonyl (C=O) groups excluding carboxylic acids is 1. The fraction of sp³-hybridized carbons (Fsp3) is 0.400. The van der Waals surface area contributed by atoms with E-state index in [1.54, 1.807) is 6.92 Å². The Hall–Kier alpha value is -1.41. The van der Waals surface area contributed by atoms with E-state index in [0.717, 1.165) is 19.6 Å². The summed E-state index contributed by atoms with van der Waals surface area (Å²) in [7, 11) is 0. The van der Waals surface area contributed by atoms with E-state index in [9.17, 15) is 4.79 Å². The molecule has 2 heteroatoms. The number of hydrogen-bond acceptors (Lipinski definition) is 2. The van der Waals surface area contributed by atoms with Crippen LogP contribution in [-0.2, 0) is 11.3 Å². The van der Waals surface area contributed by atoms with Crippen molar-refractivity contribution in [2.75, 3.05) is 13.1 Å². The molecule has 0 saturated heterocycles. The first-order valence-electron chi connectivity index (χ1n) is 6.09. The molecule has 1 rings (SSSR count). The fourth-order valence-electron chi connectivity index (χ4n) is 1.65. The highest BCUT2D eigenvalue weighted by molar-refractivity contribution is 5.75. The lowest BCUT2D eigenvalue weighted by Crippen LogP contribution is -2.25. The molecule has 0 bridgehead atoms. The zero-order chi connectivity index (χ0) is 12.5. The molecule has 0 aromatic heterocycles. The highest BCUT2D eigenvalue weighted by Crippen LogP contribution is 2.05. The molecule has 0 aliphatic carbocycles. The van der Waals surface area contributed by atoms with E-state index in [-0.39, 0.29) is 5.78 Å². The molecule has 2 nitrogen and oxygen atoms in total. The summed E-state index contributed by atoms with van der Waals surface area (Å²) in [6, 6.07) is 10.4. The van der Waals surface area contributed by atoms with Gasteiger partial charge in [-0.1, -0.05) is 42.5 Å². The van der Waals surface area contributed by atoms with Gasteiger partial charge in [-0.25, -0.2) is 0 Å². The van der Waals surface area contributed by atoms with E-state index in [0.29, 0.717) is 6.42 Å². The van der Waals surface area contributed by atoms with Crippen molar-refractivity contribution < 1.29 is 4.79 Å². The smallest absolute Gasteiger partial charge is 0.131 e. The molecule has 92 valence electrons. The number of hydrogen-bond donors (Lipinski definition) is 0. The molecule has 0 fully saturated rings. The summed E-state index contributed by atoms with van der Waals surface area (Å²) in [6.45, 7) is 6.30. The third-order valence-corrected chi connectivity index (χ3v) is 2.63. The first kappa shape index (κ1) is 13.7. The number of allylic oxidation sites excluding steroid dienone is 1. The standard InChI is InChI=1S/C15H21NO/c1-3-4-11-16(12-10-14(2)17)13-15-8-6-5-7-9-15/h3-9H,10-13H2,1-2H3/b4-3+. The average molecular weight is 231 g/mol. The van der Waals surface area contributed by atoms with Gasteiger partial charge in [0.15, 0.2) is 0 Å². The largest absolute Gasteiger partial charge is 0.300 e. The van der Waals surface area contributed by atoms with Gasteiger partial charge in [0.1, 0.15) is 5.78 Å². The maximum Gasteiger partial charge on any atom is 0.131 e. The van der Waals surface area contributed by atoms with Crippen LogP contribution in [0.1, 0.15) is 25.8 Å². The summed E-state index contributed by atoms with van der Waals surface area (Å²) >= 11 is 0. The van der Waals surface area contributed by atoms with E-state index in [1.807, 2.05) is 31.2 Å². The number of carbonyl (C=O) groups is 1. The Balaban J connectivity index is 2.53. The van der Waals surface area contributed by atoms with Crippen molar-refractivity contribution in [3.8, 4) is 0 Å². The van der Waals surface area contributed by atoms with Crippen molar-refractivity contribution in [3.05, 3.63) is 48.0 Å². The van der Waals surface area contributed by atoms with Crippen molar-refractivity contribution in [2.45, 2.75) is 26.8 Å². The van der Waals surface area contributed by atoms with Crippen molar-refractivity contribution in [2.24, 2.45) is 0 Å². The van der Waals surface area contributed by atoms with Crippen LogP contribution in [0.3, 0.4) is 0 Å². The molecule has 17 heavy (non-hydrogen) atoms. The summed E-state index contributed by atoms with van der Waals surface area (Å²) in [4.78, 5) is 13.3. The topological polar surface area (TPSA) is 20.3 Å². The van der Waals surface area contributed by atoms with Crippen LogP contribution in [-0.4, -0.2) is 23.8 Å². The van der Waals surface area contributed by atoms with Gasteiger partial charge in [0.25, 0.3) is 0 Å². The summed E-state index contributed by atoms with van der Waals surface area (Å²) in [5.74, 6) is 0.253. The second kappa shape index (κ2) is 7.80. The van der Waals surface area contributed by atoms with Crippen LogP contribution < -0.4 is 0 Å².